The Labute approximate surface area is 124 Å². The summed E-state index contributed by atoms with van der Waals surface area (Å²) in [6, 6.07) is 1.80. The lowest BCUT2D eigenvalue weighted by Gasteiger charge is -2.40. The van der Waals surface area contributed by atoms with Gasteiger partial charge in [-0.3, -0.25) is 4.79 Å². The first kappa shape index (κ1) is 15.5. The first-order valence-electron chi connectivity index (χ1n) is 7.47. The highest BCUT2D eigenvalue weighted by atomic mass is 16.5. The van der Waals surface area contributed by atoms with Gasteiger partial charge in [0.2, 0.25) is 11.8 Å². The molecule has 6 heteroatoms. The maximum absolute atomic E-state index is 11.0. The van der Waals surface area contributed by atoms with Gasteiger partial charge in [0.25, 0.3) is 0 Å². The number of nitrogens with zero attached hydrogens (tertiary/aromatic N) is 2. The van der Waals surface area contributed by atoms with Crippen molar-refractivity contribution in [3.63, 3.8) is 0 Å². The van der Waals surface area contributed by atoms with Gasteiger partial charge in [-0.1, -0.05) is 13.3 Å². The molecule has 0 amide bonds. The minimum Gasteiger partial charge on any atom is -0.481 e. The second-order valence-corrected chi connectivity index (χ2v) is 5.80. The number of aromatic nitrogens is 2. The molecule has 116 valence electrons. The van der Waals surface area contributed by atoms with Crippen LogP contribution in [0.1, 0.15) is 44.7 Å². The van der Waals surface area contributed by atoms with E-state index >= 15 is 0 Å². The molecule has 0 aromatic carbocycles. The highest BCUT2D eigenvalue weighted by molar-refractivity contribution is 5.68. The monoisotopic (exact) mass is 293 g/mol. The molecule has 21 heavy (non-hydrogen) atoms. The topological polar surface area (TPSA) is 84.3 Å². The number of ether oxygens (including phenoxy) is 1. The molecule has 0 bridgehead atoms. The zero-order chi connectivity index (χ0) is 15.3. The third kappa shape index (κ3) is 4.31. The van der Waals surface area contributed by atoms with Crippen molar-refractivity contribution in [2.45, 2.75) is 46.0 Å². The largest absolute Gasteiger partial charge is 0.481 e. The second-order valence-electron chi connectivity index (χ2n) is 5.80. The van der Waals surface area contributed by atoms with Crippen molar-refractivity contribution in [2.75, 3.05) is 18.5 Å². The number of aryl methyl sites for hydroxylation is 1. The smallest absolute Gasteiger partial charge is 0.303 e. The van der Waals surface area contributed by atoms with E-state index in [0.29, 0.717) is 25.0 Å². The average molecular weight is 293 g/mol. The van der Waals surface area contributed by atoms with Gasteiger partial charge in [0.05, 0.1) is 13.0 Å². The van der Waals surface area contributed by atoms with Crippen LogP contribution in [-0.4, -0.2) is 34.2 Å². The van der Waals surface area contributed by atoms with E-state index in [2.05, 4.69) is 15.3 Å². The van der Waals surface area contributed by atoms with Crippen LogP contribution in [0.4, 0.5) is 5.95 Å². The molecule has 0 spiro atoms. The molecule has 1 fully saturated rings. The Morgan fingerprint density at radius 1 is 1.48 bits per heavy atom. The molecule has 1 aliphatic carbocycles. The fraction of sp³-hybridized carbons (Fsp3) is 0.667. The number of anilines is 1. The number of carbonyl (C=O) groups is 1. The fourth-order valence-corrected chi connectivity index (χ4v) is 2.58. The minimum atomic E-state index is -0.742. The summed E-state index contributed by atoms with van der Waals surface area (Å²) in [4.78, 5) is 19.6. The van der Waals surface area contributed by atoms with Gasteiger partial charge in [-0.05, 0) is 31.6 Å². The van der Waals surface area contributed by atoms with Crippen LogP contribution in [0.5, 0.6) is 5.88 Å². The Morgan fingerprint density at radius 2 is 2.24 bits per heavy atom. The van der Waals surface area contributed by atoms with Gasteiger partial charge >= 0.3 is 5.97 Å². The maximum Gasteiger partial charge on any atom is 0.303 e. The van der Waals surface area contributed by atoms with Gasteiger partial charge in [0.15, 0.2) is 0 Å². The number of aliphatic carboxylic acids is 1. The summed E-state index contributed by atoms with van der Waals surface area (Å²) in [5.74, 6) is 0.333. The lowest BCUT2D eigenvalue weighted by molar-refractivity contribution is -0.141. The molecule has 1 saturated carbocycles. The predicted molar refractivity (Wildman–Crippen MR) is 79.6 cm³/mol. The molecule has 0 radical (unpaired) electrons. The average Bonchev–Trinajstić information content (AvgIpc) is 2.38. The number of rotatable bonds is 8. The maximum atomic E-state index is 11.0. The fourth-order valence-electron chi connectivity index (χ4n) is 2.58. The van der Waals surface area contributed by atoms with E-state index in [4.69, 9.17) is 9.84 Å². The van der Waals surface area contributed by atoms with Crippen LogP contribution in [-0.2, 0) is 4.79 Å². The molecule has 1 aliphatic rings. The van der Waals surface area contributed by atoms with E-state index < -0.39 is 5.97 Å². The number of carboxylic acids is 1. The molecule has 0 aliphatic heterocycles. The van der Waals surface area contributed by atoms with Gasteiger partial charge in [0.1, 0.15) is 0 Å². The zero-order valence-electron chi connectivity index (χ0n) is 12.7. The summed E-state index contributed by atoms with van der Waals surface area (Å²) in [5, 5.41) is 12.2. The Balaban J connectivity index is 1.98. The summed E-state index contributed by atoms with van der Waals surface area (Å²) >= 11 is 0. The SMILES string of the molecule is CCCOc1cc(C)nc(NCC2(CC(=O)O)CCC2)n1. The summed E-state index contributed by atoms with van der Waals surface area (Å²) in [7, 11) is 0. The van der Waals surface area contributed by atoms with Gasteiger partial charge in [-0.25, -0.2) is 4.98 Å². The molecule has 0 unspecified atom stereocenters. The van der Waals surface area contributed by atoms with E-state index in [0.717, 1.165) is 31.4 Å². The van der Waals surface area contributed by atoms with Crippen molar-refractivity contribution in [2.24, 2.45) is 5.41 Å². The first-order valence-corrected chi connectivity index (χ1v) is 7.47. The Bertz CT molecular complexity index is 501. The van der Waals surface area contributed by atoms with Gasteiger partial charge in [0, 0.05) is 18.3 Å². The van der Waals surface area contributed by atoms with Crippen LogP contribution in [0.2, 0.25) is 0 Å². The first-order chi connectivity index (χ1) is 10.0. The van der Waals surface area contributed by atoms with E-state index in [-0.39, 0.29) is 11.8 Å². The summed E-state index contributed by atoms with van der Waals surface area (Å²) < 4.78 is 5.53. The Morgan fingerprint density at radius 3 is 2.81 bits per heavy atom. The summed E-state index contributed by atoms with van der Waals surface area (Å²) in [6.45, 7) is 5.15. The standard InChI is InChI=1S/C15H23N3O3/c1-3-7-21-12-8-11(2)17-14(18-12)16-10-15(5-4-6-15)9-13(19)20/h8H,3-7,9-10H2,1-2H3,(H,19,20)(H,16,17,18). The number of carboxylic acid groups (broad SMARTS) is 1. The van der Waals surface area contributed by atoms with E-state index in [1.807, 2.05) is 13.8 Å². The van der Waals surface area contributed by atoms with Crippen LogP contribution in [0.15, 0.2) is 6.07 Å². The molecule has 1 aromatic rings. The Hall–Kier alpha value is -1.85. The molecule has 2 rings (SSSR count). The van der Waals surface area contributed by atoms with Gasteiger partial charge in [-0.2, -0.15) is 4.98 Å². The number of hydrogen-bond acceptors (Lipinski definition) is 5. The molecule has 0 atom stereocenters. The van der Waals surface area contributed by atoms with Crippen LogP contribution < -0.4 is 10.1 Å². The minimum absolute atomic E-state index is 0.149. The van der Waals surface area contributed by atoms with Crippen molar-refractivity contribution in [1.29, 1.82) is 0 Å². The molecule has 1 aromatic heterocycles. The van der Waals surface area contributed by atoms with E-state index in [1.54, 1.807) is 6.07 Å². The lowest BCUT2D eigenvalue weighted by atomic mass is 9.66. The third-order valence-electron chi connectivity index (χ3n) is 3.85. The lowest BCUT2D eigenvalue weighted by Crippen LogP contribution is -2.38. The molecule has 2 N–H and O–H groups in total. The van der Waals surface area contributed by atoms with Crippen LogP contribution >= 0.6 is 0 Å². The normalized spacial score (nSPS) is 16.1. The number of hydrogen-bond donors (Lipinski definition) is 2. The van der Waals surface area contributed by atoms with Crippen molar-refractivity contribution in [1.82, 2.24) is 9.97 Å². The highest BCUT2D eigenvalue weighted by Gasteiger charge is 2.38. The molecule has 1 heterocycles. The van der Waals surface area contributed by atoms with Crippen molar-refractivity contribution in [3.05, 3.63) is 11.8 Å². The zero-order valence-corrected chi connectivity index (χ0v) is 12.7. The van der Waals surface area contributed by atoms with Crippen LogP contribution in [0.25, 0.3) is 0 Å². The molecular formula is C15H23N3O3. The summed E-state index contributed by atoms with van der Waals surface area (Å²) in [5.41, 5.74) is 0.683. The number of nitrogens with one attached hydrogen (secondary N) is 1. The van der Waals surface area contributed by atoms with Crippen LogP contribution in [0.3, 0.4) is 0 Å². The van der Waals surface area contributed by atoms with Crippen molar-refractivity contribution < 1.29 is 14.6 Å². The van der Waals surface area contributed by atoms with Crippen molar-refractivity contribution in [3.8, 4) is 5.88 Å². The Kier molecular flexibility index (Phi) is 4.98. The second kappa shape index (κ2) is 6.74. The molecular weight excluding hydrogens is 270 g/mol. The van der Waals surface area contributed by atoms with E-state index in [1.165, 1.54) is 0 Å². The van der Waals surface area contributed by atoms with Crippen molar-refractivity contribution >= 4 is 11.9 Å². The third-order valence-corrected chi connectivity index (χ3v) is 3.85. The van der Waals surface area contributed by atoms with Crippen LogP contribution in [0, 0.1) is 12.3 Å². The molecule has 6 nitrogen and oxygen atoms in total. The molecule has 0 saturated heterocycles. The quantitative estimate of drug-likeness (QED) is 0.766. The summed E-state index contributed by atoms with van der Waals surface area (Å²) in [6.07, 6.45) is 4.10. The van der Waals surface area contributed by atoms with E-state index in [9.17, 15) is 4.79 Å². The highest BCUT2D eigenvalue weighted by Crippen LogP contribution is 2.43. The van der Waals surface area contributed by atoms with Gasteiger partial charge in [-0.15, -0.1) is 0 Å². The predicted octanol–water partition coefficient (Wildman–Crippen LogP) is 2.63. The van der Waals surface area contributed by atoms with Gasteiger partial charge < -0.3 is 15.2 Å².